The van der Waals surface area contributed by atoms with Crippen LogP contribution in [0.15, 0.2) is 29.3 Å². The molecule has 1 rings (SSSR count). The van der Waals surface area contributed by atoms with E-state index in [4.69, 9.17) is 5.73 Å². The Kier molecular flexibility index (Phi) is 6.33. The van der Waals surface area contributed by atoms with Gasteiger partial charge in [-0.05, 0) is 24.0 Å². The van der Waals surface area contributed by atoms with Gasteiger partial charge in [0.2, 0.25) is 0 Å². The van der Waals surface area contributed by atoms with E-state index in [0.717, 1.165) is 0 Å². The summed E-state index contributed by atoms with van der Waals surface area (Å²) in [5, 5.41) is 2.87. The number of rotatable bonds is 6. The lowest BCUT2D eigenvalue weighted by Gasteiger charge is -2.13. The van der Waals surface area contributed by atoms with Crippen molar-refractivity contribution >= 4 is 5.96 Å². The van der Waals surface area contributed by atoms with Crippen molar-refractivity contribution in [2.75, 3.05) is 13.1 Å². The van der Waals surface area contributed by atoms with Gasteiger partial charge in [0, 0.05) is 13.1 Å². The Hall–Kier alpha value is -1.92. The number of nitrogens with one attached hydrogen (secondary N) is 1. The number of nitrogens with two attached hydrogens (primary N) is 1. The number of alkyl halides is 3. The summed E-state index contributed by atoms with van der Waals surface area (Å²) in [7, 11) is 0. The fraction of sp³-hybridized carbons (Fsp3) is 0.500. The van der Waals surface area contributed by atoms with E-state index < -0.39 is 6.36 Å². The number of guanidine groups is 1. The van der Waals surface area contributed by atoms with E-state index in [1.54, 1.807) is 12.1 Å². The largest absolute Gasteiger partial charge is 0.573 e. The second kappa shape index (κ2) is 7.75. The highest BCUT2D eigenvalue weighted by atomic mass is 19.4. The van der Waals surface area contributed by atoms with E-state index in [2.05, 4.69) is 15.0 Å². The second-order valence-electron chi connectivity index (χ2n) is 4.95. The molecule has 0 fully saturated rings. The highest BCUT2D eigenvalue weighted by molar-refractivity contribution is 5.77. The lowest BCUT2D eigenvalue weighted by atomic mass is 10.1. The van der Waals surface area contributed by atoms with Crippen LogP contribution in [0.3, 0.4) is 0 Å². The van der Waals surface area contributed by atoms with Gasteiger partial charge in [0.15, 0.2) is 5.96 Å². The summed E-state index contributed by atoms with van der Waals surface area (Å²) < 4.78 is 40.8. The van der Waals surface area contributed by atoms with E-state index in [0.29, 0.717) is 31.0 Å². The van der Waals surface area contributed by atoms with Crippen LogP contribution in [0, 0.1) is 5.92 Å². The highest BCUT2D eigenvalue weighted by Gasteiger charge is 2.31. The molecule has 0 unspecified atom stereocenters. The lowest BCUT2D eigenvalue weighted by Crippen LogP contribution is -2.33. The first kappa shape index (κ1) is 17.1. The molecule has 0 aliphatic heterocycles. The SMILES string of the molecule is CC(C)CN=C(N)NCCc1ccccc1OC(F)(F)F. The van der Waals surface area contributed by atoms with Crippen LogP contribution in [-0.4, -0.2) is 25.4 Å². The molecule has 0 saturated carbocycles. The Morgan fingerprint density at radius 3 is 2.62 bits per heavy atom. The van der Waals surface area contributed by atoms with Gasteiger partial charge < -0.3 is 15.8 Å². The van der Waals surface area contributed by atoms with Gasteiger partial charge in [-0.2, -0.15) is 0 Å². The molecular weight excluding hydrogens is 283 g/mol. The molecule has 1 aromatic carbocycles. The summed E-state index contributed by atoms with van der Waals surface area (Å²) in [6.45, 7) is 5.02. The number of halogens is 3. The van der Waals surface area contributed by atoms with Gasteiger partial charge in [0.25, 0.3) is 0 Å². The normalized spacial score (nSPS) is 12.6. The number of aliphatic imine (C=N–C) groups is 1. The van der Waals surface area contributed by atoms with Crippen LogP contribution in [0.25, 0.3) is 0 Å². The monoisotopic (exact) mass is 303 g/mol. The summed E-state index contributed by atoms with van der Waals surface area (Å²) in [5.74, 6) is 0.494. The molecule has 1 aromatic rings. The predicted molar refractivity (Wildman–Crippen MR) is 76.2 cm³/mol. The number of hydrogen-bond donors (Lipinski definition) is 2. The first-order valence-electron chi connectivity index (χ1n) is 6.65. The van der Waals surface area contributed by atoms with Crippen LogP contribution in [0.4, 0.5) is 13.2 Å². The van der Waals surface area contributed by atoms with Crippen molar-refractivity contribution in [2.24, 2.45) is 16.6 Å². The van der Waals surface area contributed by atoms with Gasteiger partial charge in [0.05, 0.1) is 0 Å². The number of benzene rings is 1. The smallest absolute Gasteiger partial charge is 0.406 e. The molecule has 0 saturated heterocycles. The molecule has 0 aromatic heterocycles. The molecule has 0 atom stereocenters. The molecule has 4 nitrogen and oxygen atoms in total. The van der Waals surface area contributed by atoms with Gasteiger partial charge >= 0.3 is 6.36 Å². The summed E-state index contributed by atoms with van der Waals surface area (Å²) in [6.07, 6.45) is -4.34. The summed E-state index contributed by atoms with van der Waals surface area (Å²) in [5.41, 5.74) is 6.11. The Balaban J connectivity index is 2.54. The zero-order chi connectivity index (χ0) is 15.9. The summed E-state index contributed by atoms with van der Waals surface area (Å²) >= 11 is 0. The van der Waals surface area contributed by atoms with Gasteiger partial charge in [-0.15, -0.1) is 13.2 Å². The first-order chi connectivity index (χ1) is 9.78. The van der Waals surface area contributed by atoms with Crippen molar-refractivity contribution in [3.05, 3.63) is 29.8 Å². The number of nitrogens with zero attached hydrogens (tertiary/aromatic N) is 1. The van der Waals surface area contributed by atoms with Crippen molar-refractivity contribution in [3.8, 4) is 5.75 Å². The lowest BCUT2D eigenvalue weighted by molar-refractivity contribution is -0.274. The van der Waals surface area contributed by atoms with Crippen LogP contribution < -0.4 is 15.8 Å². The maximum atomic E-state index is 12.3. The molecule has 0 aliphatic rings. The van der Waals surface area contributed by atoms with E-state index in [1.165, 1.54) is 12.1 Å². The van der Waals surface area contributed by atoms with Crippen LogP contribution >= 0.6 is 0 Å². The second-order valence-corrected chi connectivity index (χ2v) is 4.95. The first-order valence-corrected chi connectivity index (χ1v) is 6.65. The van der Waals surface area contributed by atoms with Crippen LogP contribution in [0.1, 0.15) is 19.4 Å². The van der Waals surface area contributed by atoms with Crippen LogP contribution in [0.5, 0.6) is 5.75 Å². The van der Waals surface area contributed by atoms with Gasteiger partial charge in [-0.3, -0.25) is 4.99 Å². The van der Waals surface area contributed by atoms with Crippen molar-refractivity contribution < 1.29 is 17.9 Å². The van der Waals surface area contributed by atoms with Crippen molar-refractivity contribution in [1.29, 1.82) is 0 Å². The van der Waals surface area contributed by atoms with Crippen molar-refractivity contribution in [1.82, 2.24) is 5.32 Å². The maximum absolute atomic E-state index is 12.3. The van der Waals surface area contributed by atoms with Gasteiger partial charge in [-0.1, -0.05) is 32.0 Å². The van der Waals surface area contributed by atoms with Crippen molar-refractivity contribution in [3.63, 3.8) is 0 Å². The topological polar surface area (TPSA) is 59.6 Å². The molecule has 21 heavy (non-hydrogen) atoms. The van der Waals surface area contributed by atoms with Gasteiger partial charge in [0.1, 0.15) is 5.75 Å². The van der Waals surface area contributed by atoms with Crippen molar-refractivity contribution in [2.45, 2.75) is 26.6 Å². The zero-order valence-corrected chi connectivity index (χ0v) is 12.1. The highest BCUT2D eigenvalue weighted by Crippen LogP contribution is 2.26. The molecule has 0 heterocycles. The Labute approximate surface area is 122 Å². The molecule has 0 bridgehead atoms. The Morgan fingerprint density at radius 2 is 2.00 bits per heavy atom. The molecule has 118 valence electrons. The summed E-state index contributed by atoms with van der Waals surface area (Å²) in [6, 6.07) is 6.04. The molecule has 0 spiro atoms. The van der Waals surface area contributed by atoms with E-state index >= 15 is 0 Å². The number of hydrogen-bond acceptors (Lipinski definition) is 2. The third kappa shape index (κ3) is 7.43. The molecule has 3 N–H and O–H groups in total. The van der Waals surface area contributed by atoms with Crippen LogP contribution in [-0.2, 0) is 6.42 Å². The maximum Gasteiger partial charge on any atom is 0.573 e. The molecule has 0 aliphatic carbocycles. The fourth-order valence-corrected chi connectivity index (χ4v) is 1.60. The standard InChI is InChI=1S/C14H20F3N3O/c1-10(2)9-20-13(18)19-8-7-11-5-3-4-6-12(11)21-14(15,16)17/h3-6,10H,7-9H2,1-2H3,(H3,18,19,20). The minimum Gasteiger partial charge on any atom is -0.406 e. The minimum atomic E-state index is -4.69. The van der Waals surface area contributed by atoms with E-state index in [1.807, 2.05) is 13.8 Å². The Morgan fingerprint density at radius 1 is 1.33 bits per heavy atom. The average Bonchev–Trinajstić information content (AvgIpc) is 2.36. The molecular formula is C14H20F3N3O. The van der Waals surface area contributed by atoms with Crippen LogP contribution in [0.2, 0.25) is 0 Å². The summed E-state index contributed by atoms with van der Waals surface area (Å²) in [4.78, 5) is 4.11. The zero-order valence-electron chi connectivity index (χ0n) is 12.1. The predicted octanol–water partition coefficient (Wildman–Crippen LogP) is 2.69. The average molecular weight is 303 g/mol. The van der Waals surface area contributed by atoms with E-state index in [9.17, 15) is 13.2 Å². The minimum absolute atomic E-state index is 0.190. The quantitative estimate of drug-likeness (QED) is 0.627. The third-order valence-electron chi connectivity index (χ3n) is 2.53. The molecule has 0 radical (unpaired) electrons. The van der Waals surface area contributed by atoms with E-state index in [-0.39, 0.29) is 11.7 Å². The molecule has 0 amide bonds. The fourth-order valence-electron chi connectivity index (χ4n) is 1.60. The molecule has 7 heteroatoms. The third-order valence-corrected chi connectivity index (χ3v) is 2.53. The van der Waals surface area contributed by atoms with Gasteiger partial charge in [-0.25, -0.2) is 0 Å². The number of para-hydroxylation sites is 1. The Bertz CT molecular complexity index is 473. The number of ether oxygens (including phenoxy) is 1.